The first-order valence-corrected chi connectivity index (χ1v) is 18.4. The number of rotatable bonds is 2. The molecule has 1 heterocycles. The van der Waals surface area contributed by atoms with Crippen molar-refractivity contribution in [3.8, 4) is 22.3 Å². The Kier molecular flexibility index (Phi) is 5.17. The van der Waals surface area contributed by atoms with Gasteiger partial charge in [0.1, 0.15) is 11.2 Å². The van der Waals surface area contributed by atoms with Gasteiger partial charge >= 0.3 is 0 Å². The van der Waals surface area contributed by atoms with Crippen molar-refractivity contribution in [3.63, 3.8) is 0 Å². The molecule has 0 unspecified atom stereocenters. The smallest absolute Gasteiger partial charge is 0.143 e. The molecule has 0 aliphatic rings. The van der Waals surface area contributed by atoms with Crippen LogP contribution < -0.4 is 0 Å². The van der Waals surface area contributed by atoms with Gasteiger partial charge in [0.25, 0.3) is 0 Å². The van der Waals surface area contributed by atoms with Crippen LogP contribution in [0.1, 0.15) is 0 Å². The third kappa shape index (κ3) is 3.66. The molecule has 242 valence electrons. The molecule has 0 bridgehead atoms. The largest absolute Gasteiger partial charge is 0.455 e. The zero-order chi connectivity index (χ0) is 34.4. The lowest BCUT2D eigenvalue weighted by molar-refractivity contribution is 0.671. The maximum absolute atomic E-state index is 7.04. The minimum absolute atomic E-state index is 0.917. The standard InChI is InChI=1S/C52H28O/c1-2-6-36-28-46-44(25-35(36)5-1)45-27-38-16-15-37(39-21-17-33-13-11-29-7-3-9-31-18-22-40(39)49(33)47(29)31)26-43(38)51(52(45)53-46)42-24-20-34-14-12-30-8-4-10-32-19-23-41(42)50(34)48(30)32/h1-28H. The van der Waals surface area contributed by atoms with Crippen LogP contribution in [0.4, 0.5) is 0 Å². The van der Waals surface area contributed by atoms with E-state index >= 15 is 0 Å². The monoisotopic (exact) mass is 668 g/mol. The second-order valence-electron chi connectivity index (χ2n) is 14.8. The quantitative estimate of drug-likeness (QED) is 0.167. The van der Waals surface area contributed by atoms with Crippen molar-refractivity contribution in [2.75, 3.05) is 0 Å². The molecular formula is C52H28O. The maximum atomic E-state index is 7.04. The number of furan rings is 1. The first-order chi connectivity index (χ1) is 26.2. The normalized spacial score (nSPS) is 12.5. The van der Waals surface area contributed by atoms with Crippen LogP contribution in [0.2, 0.25) is 0 Å². The Bertz CT molecular complexity index is 3640. The molecule has 13 rings (SSSR count). The predicted octanol–water partition coefficient (Wildman–Crippen LogP) is 15.0. The Balaban J connectivity index is 1.17. The Labute approximate surface area is 303 Å². The van der Waals surface area contributed by atoms with E-state index in [4.69, 9.17) is 4.42 Å². The molecule has 0 fully saturated rings. The van der Waals surface area contributed by atoms with Crippen LogP contribution >= 0.6 is 0 Å². The topological polar surface area (TPSA) is 13.1 Å². The number of hydrogen-bond acceptors (Lipinski definition) is 1. The van der Waals surface area contributed by atoms with Crippen LogP contribution in [-0.4, -0.2) is 0 Å². The van der Waals surface area contributed by atoms with E-state index in [-0.39, 0.29) is 0 Å². The Morgan fingerprint density at radius 3 is 1.43 bits per heavy atom. The SMILES string of the molecule is c1ccc2cc3c(cc2c1)oc1c(-c2ccc4ccc5cccc6ccc2c4c56)c2cc(-c4ccc5ccc6cccc7ccc4c5c67)ccc2cc13. The van der Waals surface area contributed by atoms with Crippen LogP contribution in [0.5, 0.6) is 0 Å². The highest BCUT2D eigenvalue weighted by molar-refractivity contribution is 6.30. The first kappa shape index (κ1) is 27.7. The lowest BCUT2D eigenvalue weighted by Crippen LogP contribution is -1.90. The van der Waals surface area contributed by atoms with Gasteiger partial charge in [-0.1, -0.05) is 146 Å². The summed E-state index contributed by atoms with van der Waals surface area (Å²) in [5.74, 6) is 0. The summed E-state index contributed by atoms with van der Waals surface area (Å²) < 4.78 is 7.04. The summed E-state index contributed by atoms with van der Waals surface area (Å²) in [6.07, 6.45) is 0. The summed E-state index contributed by atoms with van der Waals surface area (Å²) in [5.41, 5.74) is 6.65. The molecule has 0 aliphatic carbocycles. The predicted molar refractivity (Wildman–Crippen MR) is 227 cm³/mol. The van der Waals surface area contributed by atoms with Gasteiger partial charge in [-0.2, -0.15) is 0 Å². The van der Waals surface area contributed by atoms with Crippen LogP contribution in [0.3, 0.4) is 0 Å². The molecule has 0 atom stereocenters. The zero-order valence-corrected chi connectivity index (χ0v) is 28.6. The maximum Gasteiger partial charge on any atom is 0.143 e. The lowest BCUT2D eigenvalue weighted by atomic mass is 9.86. The van der Waals surface area contributed by atoms with E-state index in [0.29, 0.717) is 0 Å². The second-order valence-corrected chi connectivity index (χ2v) is 14.8. The van der Waals surface area contributed by atoms with Gasteiger partial charge in [0, 0.05) is 16.3 Å². The molecule has 0 amide bonds. The molecule has 1 aromatic heterocycles. The molecule has 53 heavy (non-hydrogen) atoms. The molecule has 12 aromatic carbocycles. The van der Waals surface area contributed by atoms with Crippen molar-refractivity contribution in [2.45, 2.75) is 0 Å². The van der Waals surface area contributed by atoms with E-state index < -0.39 is 0 Å². The average molecular weight is 669 g/mol. The van der Waals surface area contributed by atoms with Crippen molar-refractivity contribution in [3.05, 3.63) is 170 Å². The summed E-state index contributed by atoms with van der Waals surface area (Å²) in [7, 11) is 0. The number of benzene rings is 12. The minimum Gasteiger partial charge on any atom is -0.455 e. The van der Waals surface area contributed by atoms with Crippen molar-refractivity contribution in [1.29, 1.82) is 0 Å². The summed E-state index contributed by atoms with van der Waals surface area (Å²) in [6.45, 7) is 0. The Morgan fingerprint density at radius 1 is 0.283 bits per heavy atom. The summed E-state index contributed by atoms with van der Waals surface area (Å²) in [5, 5.41) is 22.6. The van der Waals surface area contributed by atoms with Crippen LogP contribution in [0.25, 0.3) is 130 Å². The van der Waals surface area contributed by atoms with Gasteiger partial charge in [-0.25, -0.2) is 0 Å². The van der Waals surface area contributed by atoms with Gasteiger partial charge in [0.05, 0.1) is 0 Å². The van der Waals surface area contributed by atoms with Gasteiger partial charge in [-0.3, -0.25) is 0 Å². The van der Waals surface area contributed by atoms with E-state index in [1.807, 2.05) is 0 Å². The third-order valence-corrected chi connectivity index (χ3v) is 12.1. The van der Waals surface area contributed by atoms with Crippen LogP contribution in [0, 0.1) is 0 Å². The Hall–Kier alpha value is -6.96. The third-order valence-electron chi connectivity index (χ3n) is 12.1. The van der Waals surface area contributed by atoms with Crippen molar-refractivity contribution in [2.24, 2.45) is 0 Å². The molecule has 0 saturated heterocycles. The van der Waals surface area contributed by atoms with Gasteiger partial charge in [-0.15, -0.1) is 0 Å². The highest BCUT2D eigenvalue weighted by Gasteiger charge is 2.21. The molecule has 0 aliphatic heterocycles. The van der Waals surface area contributed by atoms with Gasteiger partial charge in [0.2, 0.25) is 0 Å². The van der Waals surface area contributed by atoms with E-state index in [1.54, 1.807) is 0 Å². The zero-order valence-electron chi connectivity index (χ0n) is 28.6. The molecule has 0 spiro atoms. The van der Waals surface area contributed by atoms with Crippen molar-refractivity contribution >= 4 is 108 Å². The van der Waals surface area contributed by atoms with E-state index in [0.717, 1.165) is 27.5 Å². The van der Waals surface area contributed by atoms with Crippen LogP contribution in [-0.2, 0) is 0 Å². The highest BCUT2D eigenvalue weighted by atomic mass is 16.3. The molecule has 0 saturated carbocycles. The van der Waals surface area contributed by atoms with Gasteiger partial charge < -0.3 is 4.42 Å². The fourth-order valence-corrected chi connectivity index (χ4v) is 9.68. The molecular weight excluding hydrogens is 641 g/mol. The minimum atomic E-state index is 0.917. The molecule has 0 N–H and O–H groups in total. The summed E-state index contributed by atoms with van der Waals surface area (Å²) in [6, 6.07) is 63.2. The summed E-state index contributed by atoms with van der Waals surface area (Å²) >= 11 is 0. The molecule has 13 aromatic rings. The van der Waals surface area contributed by atoms with Crippen molar-refractivity contribution in [1.82, 2.24) is 0 Å². The molecule has 0 radical (unpaired) electrons. The summed E-state index contributed by atoms with van der Waals surface area (Å²) in [4.78, 5) is 0. The average Bonchev–Trinajstić information content (AvgIpc) is 3.56. The molecule has 1 heteroatoms. The van der Waals surface area contributed by atoms with E-state index in [9.17, 15) is 0 Å². The van der Waals surface area contributed by atoms with Crippen LogP contribution in [0.15, 0.2) is 174 Å². The van der Waals surface area contributed by atoms with Gasteiger partial charge in [0.15, 0.2) is 0 Å². The van der Waals surface area contributed by atoms with Crippen molar-refractivity contribution < 1.29 is 4.42 Å². The number of hydrogen-bond donors (Lipinski definition) is 0. The fraction of sp³-hybridized carbons (Fsp3) is 0. The first-order valence-electron chi connectivity index (χ1n) is 18.4. The fourth-order valence-electron chi connectivity index (χ4n) is 9.68. The molecule has 1 nitrogen and oxygen atoms in total. The van der Waals surface area contributed by atoms with E-state index in [1.165, 1.54) is 103 Å². The second kappa shape index (κ2) is 9.88. The lowest BCUT2D eigenvalue weighted by Gasteiger charge is -2.17. The number of fused-ring (bicyclic) bond motifs is 5. The highest BCUT2D eigenvalue weighted by Crippen LogP contribution is 2.48. The Morgan fingerprint density at radius 2 is 0.774 bits per heavy atom. The van der Waals surface area contributed by atoms with Gasteiger partial charge in [-0.05, 0) is 127 Å². The van der Waals surface area contributed by atoms with E-state index in [2.05, 4.69) is 170 Å².